The van der Waals surface area contributed by atoms with Crippen LogP contribution in [0.15, 0.2) is 18.2 Å². The minimum absolute atomic E-state index is 0.0361. The normalized spacial score (nSPS) is 23.9. The van der Waals surface area contributed by atoms with Crippen LogP contribution in [0.25, 0.3) is 0 Å². The molecule has 0 radical (unpaired) electrons. The Morgan fingerprint density at radius 3 is 2.88 bits per heavy atom. The highest BCUT2D eigenvalue weighted by molar-refractivity contribution is 6.30. The van der Waals surface area contributed by atoms with E-state index in [1.165, 1.54) is 12.1 Å². The van der Waals surface area contributed by atoms with Crippen molar-refractivity contribution in [1.29, 1.82) is 0 Å². The summed E-state index contributed by atoms with van der Waals surface area (Å²) in [6.45, 7) is 1.14. The molecule has 1 aliphatic rings. The van der Waals surface area contributed by atoms with Gasteiger partial charge < -0.3 is 10.4 Å². The fraction of sp³-hybridized carbons (Fsp3) is 0.417. The van der Waals surface area contributed by atoms with Crippen LogP contribution in [0.2, 0.25) is 5.02 Å². The molecule has 2 rings (SSSR count). The Bertz CT molecular complexity index is 444. The van der Waals surface area contributed by atoms with Crippen molar-refractivity contribution < 1.29 is 14.3 Å². The molecule has 1 aliphatic heterocycles. The number of nitrogens with one attached hydrogen (secondary N) is 1. The van der Waals surface area contributed by atoms with Crippen molar-refractivity contribution in [1.82, 2.24) is 5.32 Å². The molecule has 2 N–H and O–H groups in total. The molecular weight excluding hydrogens is 245 g/mol. The zero-order chi connectivity index (χ0) is 12.5. The second-order valence-electron chi connectivity index (χ2n) is 4.44. The smallest absolute Gasteiger partial charge is 0.311 e. The summed E-state index contributed by atoms with van der Waals surface area (Å²) >= 11 is 5.69. The Hall–Kier alpha value is -1.13. The predicted octanol–water partition coefficient (Wildman–Crippen LogP) is 2.09. The van der Waals surface area contributed by atoms with Gasteiger partial charge in [0.1, 0.15) is 5.82 Å². The van der Waals surface area contributed by atoms with Gasteiger partial charge in [0.05, 0.1) is 10.4 Å². The molecule has 0 spiro atoms. The third-order valence-corrected chi connectivity index (χ3v) is 3.51. The Labute approximate surface area is 104 Å². The minimum atomic E-state index is -0.817. The third kappa shape index (κ3) is 2.42. The average molecular weight is 258 g/mol. The van der Waals surface area contributed by atoms with Gasteiger partial charge in [0.15, 0.2) is 0 Å². The summed E-state index contributed by atoms with van der Waals surface area (Å²) in [5.74, 6) is -1.30. The maximum Gasteiger partial charge on any atom is 0.311 e. The van der Waals surface area contributed by atoms with Gasteiger partial charge in [0.2, 0.25) is 0 Å². The molecule has 0 aliphatic carbocycles. The first kappa shape index (κ1) is 12.3. The fourth-order valence-corrected chi connectivity index (χ4v) is 2.40. The maximum atomic E-state index is 13.0. The number of carboxylic acids is 1. The minimum Gasteiger partial charge on any atom is -0.481 e. The van der Waals surface area contributed by atoms with Gasteiger partial charge >= 0.3 is 5.97 Å². The van der Waals surface area contributed by atoms with E-state index in [2.05, 4.69) is 5.32 Å². The lowest BCUT2D eigenvalue weighted by Gasteiger charge is -2.23. The monoisotopic (exact) mass is 257 g/mol. The van der Waals surface area contributed by atoms with Crippen LogP contribution < -0.4 is 5.32 Å². The highest BCUT2D eigenvalue weighted by Gasteiger charge is 2.41. The maximum absolute atomic E-state index is 13.0. The Balaban J connectivity index is 2.23. The Morgan fingerprint density at radius 2 is 2.35 bits per heavy atom. The highest BCUT2D eigenvalue weighted by Crippen LogP contribution is 2.31. The molecule has 92 valence electrons. The molecule has 17 heavy (non-hydrogen) atoms. The van der Waals surface area contributed by atoms with E-state index < -0.39 is 17.2 Å². The first-order valence-electron chi connectivity index (χ1n) is 5.42. The van der Waals surface area contributed by atoms with E-state index in [1.807, 2.05) is 0 Å². The van der Waals surface area contributed by atoms with Gasteiger partial charge in [-0.25, -0.2) is 4.39 Å². The molecule has 1 aromatic carbocycles. The number of rotatable bonds is 3. The molecule has 3 nitrogen and oxygen atoms in total. The van der Waals surface area contributed by atoms with Crippen LogP contribution in [0.4, 0.5) is 4.39 Å². The van der Waals surface area contributed by atoms with Crippen LogP contribution in [0, 0.1) is 11.2 Å². The third-order valence-electron chi connectivity index (χ3n) is 3.22. The van der Waals surface area contributed by atoms with Crippen molar-refractivity contribution in [2.45, 2.75) is 12.8 Å². The molecule has 1 fully saturated rings. The summed E-state index contributed by atoms with van der Waals surface area (Å²) in [4.78, 5) is 11.3. The largest absolute Gasteiger partial charge is 0.481 e. The van der Waals surface area contributed by atoms with Crippen molar-refractivity contribution in [3.63, 3.8) is 0 Å². The molecule has 1 heterocycles. The lowest BCUT2D eigenvalue weighted by Crippen LogP contribution is -2.35. The van der Waals surface area contributed by atoms with Crippen LogP contribution in [-0.4, -0.2) is 24.2 Å². The number of halogens is 2. The van der Waals surface area contributed by atoms with Gasteiger partial charge in [-0.15, -0.1) is 0 Å². The fourth-order valence-electron chi connectivity index (χ4n) is 2.19. The molecule has 1 aromatic rings. The van der Waals surface area contributed by atoms with Gasteiger partial charge in [0, 0.05) is 6.54 Å². The van der Waals surface area contributed by atoms with Crippen molar-refractivity contribution in [3.05, 3.63) is 34.6 Å². The number of hydrogen-bond acceptors (Lipinski definition) is 2. The highest BCUT2D eigenvalue weighted by atomic mass is 35.5. The summed E-state index contributed by atoms with van der Waals surface area (Å²) in [6, 6.07) is 4.36. The Morgan fingerprint density at radius 1 is 1.59 bits per heavy atom. The lowest BCUT2D eigenvalue weighted by molar-refractivity contribution is -0.147. The first-order valence-corrected chi connectivity index (χ1v) is 5.79. The molecule has 1 atom stereocenters. The van der Waals surface area contributed by atoms with E-state index >= 15 is 0 Å². The van der Waals surface area contributed by atoms with E-state index in [0.29, 0.717) is 25.9 Å². The van der Waals surface area contributed by atoms with Crippen LogP contribution in [-0.2, 0) is 11.2 Å². The number of aliphatic carboxylic acids is 1. The summed E-state index contributed by atoms with van der Waals surface area (Å²) in [5, 5.41) is 12.4. The van der Waals surface area contributed by atoms with Crippen molar-refractivity contribution in [2.24, 2.45) is 5.41 Å². The molecule has 0 aromatic heterocycles. The molecular formula is C12H13ClFNO2. The van der Waals surface area contributed by atoms with E-state index in [0.717, 1.165) is 5.56 Å². The molecule has 1 saturated heterocycles. The van der Waals surface area contributed by atoms with Gasteiger partial charge in [-0.3, -0.25) is 4.79 Å². The number of carboxylic acid groups (broad SMARTS) is 1. The van der Waals surface area contributed by atoms with E-state index in [1.54, 1.807) is 6.07 Å². The van der Waals surface area contributed by atoms with Gasteiger partial charge in [0.25, 0.3) is 0 Å². The topological polar surface area (TPSA) is 49.3 Å². The predicted molar refractivity (Wildman–Crippen MR) is 62.7 cm³/mol. The SMILES string of the molecule is O=C(O)C1(Cc2ccc(F)c(Cl)c2)CCNC1. The van der Waals surface area contributed by atoms with Crippen LogP contribution in [0.1, 0.15) is 12.0 Å². The lowest BCUT2D eigenvalue weighted by atomic mass is 9.81. The van der Waals surface area contributed by atoms with Crippen LogP contribution in [0.3, 0.4) is 0 Å². The van der Waals surface area contributed by atoms with Gasteiger partial charge in [-0.05, 0) is 37.1 Å². The van der Waals surface area contributed by atoms with E-state index in [-0.39, 0.29) is 5.02 Å². The van der Waals surface area contributed by atoms with E-state index in [9.17, 15) is 14.3 Å². The van der Waals surface area contributed by atoms with Gasteiger partial charge in [-0.2, -0.15) is 0 Å². The van der Waals surface area contributed by atoms with Crippen LogP contribution >= 0.6 is 11.6 Å². The van der Waals surface area contributed by atoms with Crippen molar-refractivity contribution >= 4 is 17.6 Å². The summed E-state index contributed by atoms with van der Waals surface area (Å²) in [6.07, 6.45) is 0.951. The second kappa shape index (κ2) is 4.63. The number of benzene rings is 1. The number of hydrogen-bond donors (Lipinski definition) is 2. The van der Waals surface area contributed by atoms with Gasteiger partial charge in [-0.1, -0.05) is 17.7 Å². The number of carbonyl (C=O) groups is 1. The van der Waals surface area contributed by atoms with Crippen molar-refractivity contribution in [2.75, 3.05) is 13.1 Å². The van der Waals surface area contributed by atoms with Crippen molar-refractivity contribution in [3.8, 4) is 0 Å². The first-order chi connectivity index (χ1) is 8.03. The second-order valence-corrected chi connectivity index (χ2v) is 4.84. The van der Waals surface area contributed by atoms with E-state index in [4.69, 9.17) is 11.6 Å². The summed E-state index contributed by atoms with van der Waals surface area (Å²) < 4.78 is 13.0. The molecule has 5 heteroatoms. The molecule has 1 unspecified atom stereocenters. The summed E-state index contributed by atoms with van der Waals surface area (Å²) in [5.41, 5.74) is -0.0382. The zero-order valence-corrected chi connectivity index (χ0v) is 9.93. The quantitative estimate of drug-likeness (QED) is 0.872. The van der Waals surface area contributed by atoms with Crippen LogP contribution in [0.5, 0.6) is 0 Å². The molecule has 0 saturated carbocycles. The molecule has 0 bridgehead atoms. The molecule has 0 amide bonds. The standard InChI is InChI=1S/C12H13ClFNO2/c13-9-5-8(1-2-10(9)14)6-12(11(16)17)3-4-15-7-12/h1-2,5,15H,3-4,6-7H2,(H,16,17). The average Bonchev–Trinajstić information content (AvgIpc) is 2.73. The Kier molecular flexibility index (Phi) is 3.35. The summed E-state index contributed by atoms with van der Waals surface area (Å²) in [7, 11) is 0. The zero-order valence-electron chi connectivity index (χ0n) is 9.17.